The summed E-state index contributed by atoms with van der Waals surface area (Å²) >= 11 is 0. The minimum Gasteiger partial charge on any atom is -0.326 e. The zero-order valence-electron chi connectivity index (χ0n) is 11.2. The molecule has 0 bridgehead atoms. The van der Waals surface area contributed by atoms with E-state index in [4.69, 9.17) is 5.73 Å². The molecule has 0 fully saturated rings. The van der Waals surface area contributed by atoms with Crippen molar-refractivity contribution in [2.75, 3.05) is 7.05 Å². The number of pyridine rings is 1. The van der Waals surface area contributed by atoms with E-state index >= 15 is 0 Å². The van der Waals surface area contributed by atoms with Crippen LogP contribution in [0.3, 0.4) is 0 Å². The topological polar surface area (TPSA) is 76.3 Å². The second-order valence-electron chi connectivity index (χ2n) is 4.43. The number of rotatable bonds is 5. The average Bonchev–Trinajstić information content (AvgIpc) is 2.48. The van der Waals surface area contributed by atoms with Gasteiger partial charge in [0.05, 0.1) is 17.1 Å². The summed E-state index contributed by atoms with van der Waals surface area (Å²) in [4.78, 5) is 4.39. The first-order chi connectivity index (χ1) is 9.54. The molecule has 0 atom stereocenters. The van der Waals surface area contributed by atoms with Crippen LogP contribution in [0, 0.1) is 0 Å². The largest absolute Gasteiger partial charge is 0.326 e. The van der Waals surface area contributed by atoms with Crippen molar-refractivity contribution in [3.63, 3.8) is 0 Å². The molecule has 106 valence electrons. The molecule has 2 N–H and O–H groups in total. The Kier molecular flexibility index (Phi) is 4.49. The molecule has 0 aliphatic heterocycles. The van der Waals surface area contributed by atoms with Gasteiger partial charge in [-0.1, -0.05) is 18.2 Å². The van der Waals surface area contributed by atoms with E-state index < -0.39 is 10.0 Å². The highest BCUT2D eigenvalue weighted by molar-refractivity contribution is 7.89. The standard InChI is InChI=1S/C14H17N3O2S/c1-17(11-13-4-2-3-9-16-13)20(18,19)14-7-5-12(10-15)6-8-14/h2-9H,10-11,15H2,1H3. The Labute approximate surface area is 119 Å². The van der Waals surface area contributed by atoms with Gasteiger partial charge in [-0.2, -0.15) is 4.31 Å². The van der Waals surface area contributed by atoms with E-state index in [2.05, 4.69) is 4.98 Å². The average molecular weight is 291 g/mol. The molecule has 0 radical (unpaired) electrons. The summed E-state index contributed by atoms with van der Waals surface area (Å²) in [6, 6.07) is 12.0. The van der Waals surface area contributed by atoms with Crippen LogP contribution in [0.15, 0.2) is 53.6 Å². The fraction of sp³-hybridized carbons (Fsp3) is 0.214. The SMILES string of the molecule is CN(Cc1ccccn1)S(=O)(=O)c1ccc(CN)cc1. The van der Waals surface area contributed by atoms with Crippen LogP contribution >= 0.6 is 0 Å². The number of nitrogens with two attached hydrogens (primary N) is 1. The summed E-state index contributed by atoms with van der Waals surface area (Å²) < 4.78 is 26.1. The van der Waals surface area contributed by atoms with Crippen molar-refractivity contribution in [1.29, 1.82) is 0 Å². The molecule has 0 aliphatic rings. The summed E-state index contributed by atoms with van der Waals surface area (Å²) in [5, 5.41) is 0. The highest BCUT2D eigenvalue weighted by Gasteiger charge is 2.20. The van der Waals surface area contributed by atoms with Crippen LogP contribution in [0.2, 0.25) is 0 Å². The second-order valence-corrected chi connectivity index (χ2v) is 6.48. The summed E-state index contributed by atoms with van der Waals surface area (Å²) in [5.74, 6) is 0. The van der Waals surface area contributed by atoms with E-state index in [1.54, 1.807) is 49.6 Å². The van der Waals surface area contributed by atoms with Gasteiger partial charge in [0.1, 0.15) is 0 Å². The minimum atomic E-state index is -3.51. The van der Waals surface area contributed by atoms with Gasteiger partial charge in [0, 0.05) is 19.8 Å². The van der Waals surface area contributed by atoms with Crippen LogP contribution in [0.4, 0.5) is 0 Å². The Morgan fingerprint density at radius 2 is 1.85 bits per heavy atom. The van der Waals surface area contributed by atoms with Crippen LogP contribution in [0.25, 0.3) is 0 Å². The number of hydrogen-bond acceptors (Lipinski definition) is 4. The van der Waals surface area contributed by atoms with Gasteiger partial charge in [-0.3, -0.25) is 4.98 Å². The van der Waals surface area contributed by atoms with Gasteiger partial charge in [0.15, 0.2) is 0 Å². The molecule has 6 heteroatoms. The van der Waals surface area contributed by atoms with E-state index in [9.17, 15) is 8.42 Å². The Hall–Kier alpha value is -1.76. The van der Waals surface area contributed by atoms with Gasteiger partial charge in [0.2, 0.25) is 10.0 Å². The van der Waals surface area contributed by atoms with Gasteiger partial charge in [-0.05, 0) is 29.8 Å². The van der Waals surface area contributed by atoms with Gasteiger partial charge >= 0.3 is 0 Å². The number of nitrogens with zero attached hydrogens (tertiary/aromatic N) is 2. The number of hydrogen-bond donors (Lipinski definition) is 1. The third-order valence-corrected chi connectivity index (χ3v) is 4.80. The Morgan fingerprint density at radius 3 is 2.40 bits per heavy atom. The molecule has 0 saturated heterocycles. The molecular weight excluding hydrogens is 274 g/mol. The summed E-state index contributed by atoms with van der Waals surface area (Å²) in [5.41, 5.74) is 7.11. The van der Waals surface area contributed by atoms with Gasteiger partial charge in [0.25, 0.3) is 0 Å². The summed E-state index contributed by atoms with van der Waals surface area (Å²) in [6.07, 6.45) is 1.64. The molecule has 0 saturated carbocycles. The molecule has 0 unspecified atom stereocenters. The highest BCUT2D eigenvalue weighted by Crippen LogP contribution is 2.16. The van der Waals surface area contributed by atoms with Crippen molar-refractivity contribution in [2.45, 2.75) is 18.0 Å². The Bertz CT molecular complexity index is 655. The zero-order chi connectivity index (χ0) is 14.6. The molecule has 1 aromatic heterocycles. The van der Waals surface area contributed by atoms with Gasteiger partial charge in [-0.25, -0.2) is 8.42 Å². The van der Waals surface area contributed by atoms with Crippen LogP contribution in [-0.2, 0) is 23.1 Å². The predicted octanol–water partition coefficient (Wildman–Crippen LogP) is 1.36. The third kappa shape index (κ3) is 3.22. The normalized spacial score (nSPS) is 11.8. The molecule has 5 nitrogen and oxygen atoms in total. The zero-order valence-corrected chi connectivity index (χ0v) is 12.0. The van der Waals surface area contributed by atoms with E-state index in [1.807, 2.05) is 6.07 Å². The first kappa shape index (κ1) is 14.6. The smallest absolute Gasteiger partial charge is 0.243 e. The van der Waals surface area contributed by atoms with E-state index in [-0.39, 0.29) is 11.4 Å². The van der Waals surface area contributed by atoms with Crippen molar-refractivity contribution in [3.05, 3.63) is 59.9 Å². The van der Waals surface area contributed by atoms with Crippen LogP contribution in [0.5, 0.6) is 0 Å². The summed E-state index contributed by atoms with van der Waals surface area (Å²) in [7, 11) is -1.97. The van der Waals surface area contributed by atoms with Crippen LogP contribution in [0.1, 0.15) is 11.3 Å². The van der Waals surface area contributed by atoms with E-state index in [1.165, 1.54) is 4.31 Å². The predicted molar refractivity (Wildman–Crippen MR) is 77.2 cm³/mol. The van der Waals surface area contributed by atoms with Crippen LogP contribution < -0.4 is 5.73 Å². The van der Waals surface area contributed by atoms with Crippen molar-refractivity contribution >= 4 is 10.0 Å². The molecule has 2 rings (SSSR count). The number of aromatic nitrogens is 1. The molecule has 2 aromatic rings. The first-order valence-electron chi connectivity index (χ1n) is 6.19. The number of benzene rings is 1. The van der Waals surface area contributed by atoms with Gasteiger partial charge in [-0.15, -0.1) is 0 Å². The van der Waals surface area contributed by atoms with Crippen molar-refractivity contribution in [1.82, 2.24) is 9.29 Å². The molecule has 1 aromatic carbocycles. The lowest BCUT2D eigenvalue weighted by Crippen LogP contribution is -2.26. The van der Waals surface area contributed by atoms with E-state index in [0.29, 0.717) is 12.2 Å². The van der Waals surface area contributed by atoms with Crippen molar-refractivity contribution in [2.24, 2.45) is 5.73 Å². The second kappa shape index (κ2) is 6.13. The molecule has 20 heavy (non-hydrogen) atoms. The molecule has 0 spiro atoms. The quantitative estimate of drug-likeness (QED) is 0.902. The fourth-order valence-corrected chi connectivity index (χ4v) is 2.92. The lowest BCUT2D eigenvalue weighted by Gasteiger charge is -2.17. The number of sulfonamides is 1. The van der Waals surface area contributed by atoms with Gasteiger partial charge < -0.3 is 5.73 Å². The Balaban J connectivity index is 2.20. The van der Waals surface area contributed by atoms with Crippen molar-refractivity contribution in [3.8, 4) is 0 Å². The lowest BCUT2D eigenvalue weighted by atomic mass is 10.2. The fourth-order valence-electron chi connectivity index (χ4n) is 1.78. The molecule has 1 heterocycles. The molecule has 0 aliphatic carbocycles. The van der Waals surface area contributed by atoms with Crippen molar-refractivity contribution < 1.29 is 8.42 Å². The maximum atomic E-state index is 12.4. The highest BCUT2D eigenvalue weighted by atomic mass is 32.2. The molecular formula is C14H17N3O2S. The third-order valence-electron chi connectivity index (χ3n) is 2.98. The Morgan fingerprint density at radius 1 is 1.15 bits per heavy atom. The monoisotopic (exact) mass is 291 g/mol. The maximum Gasteiger partial charge on any atom is 0.243 e. The summed E-state index contributed by atoms with van der Waals surface area (Å²) in [6.45, 7) is 0.631. The molecule has 0 amide bonds. The van der Waals surface area contributed by atoms with Crippen LogP contribution in [-0.4, -0.2) is 24.8 Å². The minimum absolute atomic E-state index is 0.238. The lowest BCUT2D eigenvalue weighted by molar-refractivity contribution is 0.462. The first-order valence-corrected chi connectivity index (χ1v) is 7.63. The van der Waals surface area contributed by atoms with E-state index in [0.717, 1.165) is 5.56 Å². The maximum absolute atomic E-state index is 12.4.